The minimum Gasteiger partial charge on any atom is -0.497 e. The second-order valence-corrected chi connectivity index (χ2v) is 4.73. The van der Waals surface area contributed by atoms with Crippen LogP contribution >= 0.6 is 0 Å². The van der Waals surface area contributed by atoms with Crippen molar-refractivity contribution in [1.82, 2.24) is 0 Å². The summed E-state index contributed by atoms with van der Waals surface area (Å²) in [5, 5.41) is 0. The van der Waals surface area contributed by atoms with E-state index in [1.54, 1.807) is 7.11 Å². The third-order valence-corrected chi connectivity index (χ3v) is 2.64. The molecule has 0 fully saturated rings. The van der Waals surface area contributed by atoms with Crippen molar-refractivity contribution in [2.75, 3.05) is 13.7 Å². The first-order chi connectivity index (χ1) is 7.07. The van der Waals surface area contributed by atoms with Crippen molar-refractivity contribution in [1.29, 1.82) is 0 Å². The Balaban J connectivity index is 2.71. The van der Waals surface area contributed by atoms with E-state index in [9.17, 15) is 0 Å². The number of rotatable bonds is 5. The molecule has 15 heavy (non-hydrogen) atoms. The van der Waals surface area contributed by atoms with Gasteiger partial charge < -0.3 is 10.5 Å². The summed E-state index contributed by atoms with van der Waals surface area (Å²) >= 11 is 0. The van der Waals surface area contributed by atoms with Gasteiger partial charge in [-0.3, -0.25) is 0 Å². The van der Waals surface area contributed by atoms with Crippen molar-refractivity contribution in [3.05, 3.63) is 29.8 Å². The maximum atomic E-state index is 5.60. The lowest BCUT2D eigenvalue weighted by atomic mass is 9.83. The molecule has 1 aromatic rings. The molecule has 0 saturated heterocycles. The van der Waals surface area contributed by atoms with Gasteiger partial charge in [-0.05, 0) is 42.5 Å². The van der Waals surface area contributed by atoms with Crippen molar-refractivity contribution in [2.24, 2.45) is 11.1 Å². The molecule has 0 spiro atoms. The molecule has 0 aliphatic rings. The highest BCUT2D eigenvalue weighted by molar-refractivity contribution is 5.29. The van der Waals surface area contributed by atoms with E-state index in [2.05, 4.69) is 26.0 Å². The molecule has 2 nitrogen and oxygen atoms in total. The predicted molar refractivity (Wildman–Crippen MR) is 64.2 cm³/mol. The number of ether oxygens (including phenoxy) is 1. The largest absolute Gasteiger partial charge is 0.497 e. The molecule has 84 valence electrons. The van der Waals surface area contributed by atoms with Crippen LogP contribution in [0.25, 0.3) is 0 Å². The Morgan fingerprint density at radius 1 is 1.33 bits per heavy atom. The second kappa shape index (κ2) is 5.17. The number of methoxy groups -OCH3 is 1. The molecule has 0 aromatic heterocycles. The summed E-state index contributed by atoms with van der Waals surface area (Å²) in [5.41, 5.74) is 7.18. The van der Waals surface area contributed by atoms with E-state index in [1.807, 2.05) is 12.1 Å². The highest BCUT2D eigenvalue weighted by Crippen LogP contribution is 2.26. The van der Waals surface area contributed by atoms with Crippen LogP contribution in [0.2, 0.25) is 0 Å². The van der Waals surface area contributed by atoms with Crippen molar-refractivity contribution in [3.63, 3.8) is 0 Å². The van der Waals surface area contributed by atoms with Crippen LogP contribution in [-0.4, -0.2) is 13.7 Å². The molecule has 0 unspecified atom stereocenters. The number of nitrogens with two attached hydrogens (primary N) is 1. The van der Waals surface area contributed by atoms with Crippen LogP contribution < -0.4 is 10.5 Å². The Morgan fingerprint density at radius 2 is 2.07 bits per heavy atom. The summed E-state index contributed by atoms with van der Waals surface area (Å²) in [6.07, 6.45) is 2.09. The lowest BCUT2D eigenvalue weighted by Gasteiger charge is -2.24. The van der Waals surface area contributed by atoms with E-state index in [0.717, 1.165) is 25.1 Å². The molecule has 0 radical (unpaired) electrons. The van der Waals surface area contributed by atoms with E-state index < -0.39 is 0 Å². The third-order valence-electron chi connectivity index (χ3n) is 2.64. The standard InChI is InChI=1S/C13H21NO/c1-13(2,7-8-14)10-11-5-4-6-12(9-11)15-3/h4-6,9H,7-8,10,14H2,1-3H3. The molecule has 0 heterocycles. The van der Waals surface area contributed by atoms with E-state index in [1.165, 1.54) is 5.56 Å². The minimum absolute atomic E-state index is 0.265. The lowest BCUT2D eigenvalue weighted by Crippen LogP contribution is -2.19. The van der Waals surface area contributed by atoms with Crippen molar-refractivity contribution >= 4 is 0 Å². The first kappa shape index (κ1) is 12.1. The Kier molecular flexibility index (Phi) is 4.15. The average molecular weight is 207 g/mol. The molecule has 0 amide bonds. The van der Waals surface area contributed by atoms with Gasteiger partial charge in [-0.1, -0.05) is 26.0 Å². The van der Waals surface area contributed by atoms with Gasteiger partial charge in [0.25, 0.3) is 0 Å². The molecule has 1 aromatic carbocycles. The molecular weight excluding hydrogens is 186 g/mol. The van der Waals surface area contributed by atoms with Crippen molar-refractivity contribution in [2.45, 2.75) is 26.7 Å². The highest BCUT2D eigenvalue weighted by Gasteiger charge is 2.17. The topological polar surface area (TPSA) is 35.2 Å². The van der Waals surface area contributed by atoms with Gasteiger partial charge >= 0.3 is 0 Å². The summed E-state index contributed by atoms with van der Waals surface area (Å²) in [5.74, 6) is 0.927. The number of benzene rings is 1. The fraction of sp³-hybridized carbons (Fsp3) is 0.538. The smallest absolute Gasteiger partial charge is 0.119 e. The number of hydrogen-bond acceptors (Lipinski definition) is 2. The zero-order valence-corrected chi connectivity index (χ0v) is 9.92. The van der Waals surface area contributed by atoms with Gasteiger partial charge in [0.2, 0.25) is 0 Å². The summed E-state index contributed by atoms with van der Waals surface area (Å²) in [6, 6.07) is 8.24. The van der Waals surface area contributed by atoms with Crippen LogP contribution in [-0.2, 0) is 6.42 Å². The zero-order chi connectivity index (χ0) is 11.3. The van der Waals surface area contributed by atoms with Crippen LogP contribution in [0.3, 0.4) is 0 Å². The third kappa shape index (κ3) is 3.92. The van der Waals surface area contributed by atoms with E-state index in [-0.39, 0.29) is 5.41 Å². The van der Waals surface area contributed by atoms with E-state index in [0.29, 0.717) is 0 Å². The molecule has 0 aliphatic carbocycles. The average Bonchev–Trinajstić information content (AvgIpc) is 2.17. The molecular formula is C13H21NO. The van der Waals surface area contributed by atoms with Gasteiger partial charge in [0.15, 0.2) is 0 Å². The van der Waals surface area contributed by atoms with Crippen LogP contribution in [0, 0.1) is 5.41 Å². The van der Waals surface area contributed by atoms with Gasteiger partial charge in [0, 0.05) is 0 Å². The van der Waals surface area contributed by atoms with Crippen LogP contribution in [0.4, 0.5) is 0 Å². The molecule has 0 atom stereocenters. The Bertz CT molecular complexity index is 307. The molecule has 0 bridgehead atoms. The van der Waals surface area contributed by atoms with Crippen LogP contribution in [0.1, 0.15) is 25.8 Å². The van der Waals surface area contributed by atoms with Crippen molar-refractivity contribution in [3.8, 4) is 5.75 Å². The minimum atomic E-state index is 0.265. The lowest BCUT2D eigenvalue weighted by molar-refractivity contribution is 0.338. The van der Waals surface area contributed by atoms with Crippen molar-refractivity contribution < 1.29 is 4.74 Å². The monoisotopic (exact) mass is 207 g/mol. The Morgan fingerprint density at radius 3 is 2.67 bits per heavy atom. The summed E-state index contributed by atoms with van der Waals surface area (Å²) in [4.78, 5) is 0. The fourth-order valence-electron chi connectivity index (χ4n) is 1.81. The molecule has 0 saturated carbocycles. The quantitative estimate of drug-likeness (QED) is 0.805. The first-order valence-electron chi connectivity index (χ1n) is 5.40. The van der Waals surface area contributed by atoms with Gasteiger partial charge in [-0.25, -0.2) is 0 Å². The van der Waals surface area contributed by atoms with E-state index in [4.69, 9.17) is 10.5 Å². The van der Waals surface area contributed by atoms with Gasteiger partial charge in [0.1, 0.15) is 5.75 Å². The summed E-state index contributed by atoms with van der Waals surface area (Å²) < 4.78 is 5.20. The Labute approximate surface area is 92.4 Å². The maximum absolute atomic E-state index is 5.60. The predicted octanol–water partition coefficient (Wildman–Crippen LogP) is 2.61. The van der Waals surface area contributed by atoms with Gasteiger partial charge in [-0.2, -0.15) is 0 Å². The fourth-order valence-corrected chi connectivity index (χ4v) is 1.81. The Hall–Kier alpha value is -1.02. The summed E-state index contributed by atoms with van der Waals surface area (Å²) in [6.45, 7) is 5.25. The zero-order valence-electron chi connectivity index (χ0n) is 9.92. The molecule has 0 aliphatic heterocycles. The molecule has 2 N–H and O–H groups in total. The maximum Gasteiger partial charge on any atom is 0.119 e. The van der Waals surface area contributed by atoms with E-state index >= 15 is 0 Å². The summed E-state index contributed by atoms with van der Waals surface area (Å²) in [7, 11) is 1.70. The number of hydrogen-bond donors (Lipinski definition) is 1. The van der Waals surface area contributed by atoms with Gasteiger partial charge in [0.05, 0.1) is 7.11 Å². The first-order valence-corrected chi connectivity index (χ1v) is 5.40. The van der Waals surface area contributed by atoms with Crippen LogP contribution in [0.5, 0.6) is 5.75 Å². The van der Waals surface area contributed by atoms with Gasteiger partial charge in [-0.15, -0.1) is 0 Å². The SMILES string of the molecule is COc1cccc(CC(C)(C)CCN)c1. The van der Waals surface area contributed by atoms with Crippen LogP contribution in [0.15, 0.2) is 24.3 Å². The highest BCUT2D eigenvalue weighted by atomic mass is 16.5. The normalized spacial score (nSPS) is 11.5. The second-order valence-electron chi connectivity index (χ2n) is 4.73. The molecule has 2 heteroatoms. The molecule has 1 rings (SSSR count).